The number of ether oxygens (including phenoxy) is 2. The Kier molecular flexibility index (Phi) is 6.43. The molecule has 1 fully saturated rings. The predicted molar refractivity (Wildman–Crippen MR) is 131 cm³/mol. The highest BCUT2D eigenvalue weighted by Crippen LogP contribution is 2.33. The van der Waals surface area contributed by atoms with Gasteiger partial charge in [-0.25, -0.2) is 4.98 Å². The van der Waals surface area contributed by atoms with Gasteiger partial charge in [0.05, 0.1) is 19.7 Å². The highest BCUT2D eigenvalue weighted by molar-refractivity contribution is 5.96. The van der Waals surface area contributed by atoms with E-state index in [1.54, 1.807) is 19.4 Å². The molecule has 1 amide bonds. The van der Waals surface area contributed by atoms with Gasteiger partial charge in [0.25, 0.3) is 5.91 Å². The average molecular weight is 470 g/mol. The fraction of sp³-hybridized carbons (Fsp3) is 0.259. The van der Waals surface area contributed by atoms with Crippen molar-refractivity contribution in [3.8, 4) is 17.4 Å². The standard InChI is InChI=1S/C27H27N5O3/c1-19-17-25(35-22-12-10-21(34-2)11-13-22)30-26(29-19)24-9-5-16-32(24)27(33)23-8-4-3-7-20(23)18-31-15-6-14-28-31/h3-4,6-8,10-15,17,24H,5,9,16,18H2,1-2H3/t24-/m1/s1. The van der Waals surface area contributed by atoms with Crippen LogP contribution in [-0.2, 0) is 6.54 Å². The number of nitrogens with zero attached hydrogens (tertiary/aromatic N) is 5. The van der Waals surface area contributed by atoms with Gasteiger partial charge in [-0.15, -0.1) is 0 Å². The van der Waals surface area contributed by atoms with Gasteiger partial charge >= 0.3 is 0 Å². The van der Waals surface area contributed by atoms with Crippen LogP contribution in [0.1, 0.15) is 46.3 Å². The van der Waals surface area contributed by atoms with E-state index in [0.29, 0.717) is 36.1 Å². The number of aryl methyl sites for hydroxylation is 1. The molecule has 0 unspecified atom stereocenters. The summed E-state index contributed by atoms with van der Waals surface area (Å²) in [7, 11) is 1.63. The lowest BCUT2D eigenvalue weighted by molar-refractivity contribution is 0.0728. The third kappa shape index (κ3) is 5.01. The number of rotatable bonds is 7. The van der Waals surface area contributed by atoms with Crippen LogP contribution in [0, 0.1) is 6.92 Å². The van der Waals surface area contributed by atoms with E-state index in [4.69, 9.17) is 14.5 Å². The third-order valence-corrected chi connectivity index (χ3v) is 6.08. The second kappa shape index (κ2) is 9.97. The number of carbonyl (C=O) groups is 1. The van der Waals surface area contributed by atoms with E-state index in [-0.39, 0.29) is 11.9 Å². The Morgan fingerprint density at radius 2 is 1.86 bits per heavy atom. The van der Waals surface area contributed by atoms with Crippen molar-refractivity contribution in [1.29, 1.82) is 0 Å². The molecule has 0 spiro atoms. The molecule has 8 nitrogen and oxygen atoms in total. The molecule has 0 saturated carbocycles. The first-order valence-electron chi connectivity index (χ1n) is 11.6. The molecule has 1 aliphatic heterocycles. The first-order chi connectivity index (χ1) is 17.1. The smallest absolute Gasteiger partial charge is 0.254 e. The Labute approximate surface area is 204 Å². The summed E-state index contributed by atoms with van der Waals surface area (Å²) in [6.45, 7) is 3.10. The van der Waals surface area contributed by atoms with Crippen molar-refractivity contribution in [3.63, 3.8) is 0 Å². The van der Waals surface area contributed by atoms with Gasteiger partial charge < -0.3 is 14.4 Å². The van der Waals surface area contributed by atoms with Crippen LogP contribution in [0.3, 0.4) is 0 Å². The molecule has 0 aliphatic carbocycles. The lowest BCUT2D eigenvalue weighted by Gasteiger charge is -2.25. The van der Waals surface area contributed by atoms with E-state index >= 15 is 0 Å². The van der Waals surface area contributed by atoms with Crippen LogP contribution < -0.4 is 9.47 Å². The minimum atomic E-state index is -0.210. The molecule has 3 heterocycles. The third-order valence-electron chi connectivity index (χ3n) is 6.08. The number of benzene rings is 2. The van der Waals surface area contributed by atoms with Crippen molar-refractivity contribution < 1.29 is 14.3 Å². The van der Waals surface area contributed by atoms with Crippen LogP contribution in [0.2, 0.25) is 0 Å². The molecule has 4 aromatic rings. The zero-order valence-corrected chi connectivity index (χ0v) is 19.8. The largest absolute Gasteiger partial charge is 0.497 e. The first kappa shape index (κ1) is 22.6. The molecule has 0 radical (unpaired) electrons. The summed E-state index contributed by atoms with van der Waals surface area (Å²) in [6.07, 6.45) is 5.33. The molecule has 2 aromatic heterocycles. The summed E-state index contributed by atoms with van der Waals surface area (Å²) in [6, 6.07) is 18.5. The molecular formula is C27H27N5O3. The van der Waals surface area contributed by atoms with Crippen molar-refractivity contribution in [2.24, 2.45) is 0 Å². The minimum Gasteiger partial charge on any atom is -0.497 e. The maximum atomic E-state index is 13.7. The molecule has 1 aliphatic rings. The summed E-state index contributed by atoms with van der Waals surface area (Å²) >= 11 is 0. The zero-order valence-electron chi connectivity index (χ0n) is 19.8. The summed E-state index contributed by atoms with van der Waals surface area (Å²) in [5, 5.41) is 4.29. The lowest BCUT2D eigenvalue weighted by Crippen LogP contribution is -2.32. The van der Waals surface area contributed by atoms with Gasteiger partial charge in [0.2, 0.25) is 5.88 Å². The molecule has 2 aromatic carbocycles. The van der Waals surface area contributed by atoms with Crippen LogP contribution in [0.25, 0.3) is 0 Å². The summed E-state index contributed by atoms with van der Waals surface area (Å²) < 4.78 is 13.0. The Hall–Kier alpha value is -4.20. The normalized spacial score (nSPS) is 15.3. The molecule has 5 rings (SSSR count). The first-order valence-corrected chi connectivity index (χ1v) is 11.6. The van der Waals surface area contributed by atoms with E-state index in [1.165, 1.54) is 0 Å². The average Bonchev–Trinajstić information content (AvgIpc) is 3.57. The number of aromatic nitrogens is 4. The maximum Gasteiger partial charge on any atom is 0.254 e. The van der Waals surface area contributed by atoms with Gasteiger partial charge in [0.1, 0.15) is 11.5 Å². The highest BCUT2D eigenvalue weighted by atomic mass is 16.5. The van der Waals surface area contributed by atoms with Gasteiger partial charge in [-0.1, -0.05) is 18.2 Å². The second-order valence-corrected chi connectivity index (χ2v) is 8.50. The van der Waals surface area contributed by atoms with E-state index in [9.17, 15) is 4.79 Å². The quantitative estimate of drug-likeness (QED) is 0.386. The SMILES string of the molecule is COc1ccc(Oc2cc(C)nc([C@H]3CCCN3C(=O)c3ccccc3Cn3cccn3)n2)cc1. The summed E-state index contributed by atoms with van der Waals surface area (Å²) in [5.41, 5.74) is 2.40. The highest BCUT2D eigenvalue weighted by Gasteiger charge is 2.33. The van der Waals surface area contributed by atoms with E-state index < -0.39 is 0 Å². The van der Waals surface area contributed by atoms with Crippen LogP contribution in [0.15, 0.2) is 73.1 Å². The van der Waals surface area contributed by atoms with Gasteiger partial charge in [-0.2, -0.15) is 10.1 Å². The van der Waals surface area contributed by atoms with Crippen molar-refractivity contribution in [2.45, 2.75) is 32.4 Å². The molecule has 0 N–H and O–H groups in total. The fourth-order valence-corrected chi connectivity index (χ4v) is 4.40. The van der Waals surface area contributed by atoms with Crippen molar-refractivity contribution in [1.82, 2.24) is 24.6 Å². The number of amides is 1. The van der Waals surface area contributed by atoms with Crippen LogP contribution in [0.4, 0.5) is 0 Å². The van der Waals surface area contributed by atoms with Gasteiger partial charge in [-0.3, -0.25) is 9.48 Å². The van der Waals surface area contributed by atoms with Gasteiger partial charge in [-0.05, 0) is 61.7 Å². The zero-order chi connectivity index (χ0) is 24.2. The number of carbonyl (C=O) groups excluding carboxylic acids is 1. The molecule has 35 heavy (non-hydrogen) atoms. The molecule has 8 heteroatoms. The Morgan fingerprint density at radius 1 is 1.06 bits per heavy atom. The molecule has 1 saturated heterocycles. The maximum absolute atomic E-state index is 13.7. The van der Waals surface area contributed by atoms with Crippen LogP contribution >= 0.6 is 0 Å². The number of methoxy groups -OCH3 is 1. The monoisotopic (exact) mass is 469 g/mol. The lowest BCUT2D eigenvalue weighted by atomic mass is 10.1. The summed E-state index contributed by atoms with van der Waals surface area (Å²) in [5.74, 6) is 2.45. The van der Waals surface area contributed by atoms with Crippen LogP contribution in [-0.4, -0.2) is 44.2 Å². The number of likely N-dealkylation sites (tertiary alicyclic amines) is 1. The van der Waals surface area contributed by atoms with Crippen molar-refractivity contribution in [2.75, 3.05) is 13.7 Å². The fourth-order valence-electron chi connectivity index (χ4n) is 4.40. The van der Waals surface area contributed by atoms with Crippen LogP contribution in [0.5, 0.6) is 17.4 Å². The Bertz CT molecular complexity index is 1300. The number of hydrogen-bond acceptors (Lipinski definition) is 6. The summed E-state index contributed by atoms with van der Waals surface area (Å²) in [4.78, 5) is 24.9. The molecular weight excluding hydrogens is 442 g/mol. The Morgan fingerprint density at radius 3 is 2.63 bits per heavy atom. The van der Waals surface area contributed by atoms with E-state index in [0.717, 1.165) is 29.8 Å². The second-order valence-electron chi connectivity index (χ2n) is 8.50. The molecule has 1 atom stereocenters. The molecule has 178 valence electrons. The van der Waals surface area contributed by atoms with E-state index in [1.807, 2.05) is 77.3 Å². The van der Waals surface area contributed by atoms with E-state index in [2.05, 4.69) is 10.1 Å². The van der Waals surface area contributed by atoms with Gasteiger partial charge in [0.15, 0.2) is 5.82 Å². The molecule has 0 bridgehead atoms. The van der Waals surface area contributed by atoms with Crippen molar-refractivity contribution >= 4 is 5.91 Å². The predicted octanol–water partition coefficient (Wildman–Crippen LogP) is 4.81. The number of hydrogen-bond donors (Lipinski definition) is 0. The Balaban J connectivity index is 1.39. The minimum absolute atomic E-state index is 0.0158. The van der Waals surface area contributed by atoms with Crippen molar-refractivity contribution in [3.05, 3.63) is 95.7 Å². The van der Waals surface area contributed by atoms with Gasteiger partial charge in [0, 0.05) is 36.3 Å². The topological polar surface area (TPSA) is 82.4 Å².